The SMILES string of the molecule is OCCCCCCCC[C@H](O)CCCCCCCO. The van der Waals surface area contributed by atoms with E-state index in [1.807, 2.05) is 0 Å². The first-order chi connectivity index (χ1) is 9.31. The van der Waals surface area contributed by atoms with Crippen molar-refractivity contribution in [2.45, 2.75) is 89.6 Å². The van der Waals surface area contributed by atoms with E-state index in [1.54, 1.807) is 0 Å². The van der Waals surface area contributed by atoms with Crippen LogP contribution in [-0.2, 0) is 0 Å². The normalized spacial score (nSPS) is 12.8. The van der Waals surface area contributed by atoms with Crippen LogP contribution in [0.15, 0.2) is 0 Å². The summed E-state index contributed by atoms with van der Waals surface area (Å²) in [7, 11) is 0. The molecule has 116 valence electrons. The van der Waals surface area contributed by atoms with E-state index in [-0.39, 0.29) is 6.10 Å². The molecule has 0 spiro atoms. The molecule has 0 rings (SSSR count). The third-order valence-corrected chi connectivity index (χ3v) is 3.64. The van der Waals surface area contributed by atoms with Gasteiger partial charge in [-0.15, -0.1) is 0 Å². The molecular weight excluding hydrogens is 240 g/mol. The van der Waals surface area contributed by atoms with Gasteiger partial charge in [0.05, 0.1) is 6.10 Å². The summed E-state index contributed by atoms with van der Waals surface area (Å²) in [4.78, 5) is 0. The van der Waals surface area contributed by atoms with Crippen molar-refractivity contribution in [1.82, 2.24) is 0 Å². The Morgan fingerprint density at radius 1 is 0.474 bits per heavy atom. The van der Waals surface area contributed by atoms with Gasteiger partial charge in [0.1, 0.15) is 0 Å². The number of aliphatic hydroxyl groups is 3. The van der Waals surface area contributed by atoms with E-state index >= 15 is 0 Å². The maximum absolute atomic E-state index is 9.82. The van der Waals surface area contributed by atoms with Gasteiger partial charge in [-0.1, -0.05) is 57.8 Å². The summed E-state index contributed by atoms with van der Waals surface area (Å²) in [6, 6.07) is 0. The summed E-state index contributed by atoms with van der Waals surface area (Å²) in [6.07, 6.45) is 14.1. The van der Waals surface area contributed by atoms with E-state index in [1.165, 1.54) is 32.1 Å². The van der Waals surface area contributed by atoms with Gasteiger partial charge in [0.25, 0.3) is 0 Å². The summed E-state index contributed by atoms with van der Waals surface area (Å²) in [6.45, 7) is 0.623. The van der Waals surface area contributed by atoms with Gasteiger partial charge in [-0.05, 0) is 25.7 Å². The van der Waals surface area contributed by atoms with Crippen LogP contribution in [0.2, 0.25) is 0 Å². The third-order valence-electron chi connectivity index (χ3n) is 3.64. The molecule has 0 aromatic rings. The molecule has 0 heterocycles. The topological polar surface area (TPSA) is 60.7 Å². The molecule has 3 heteroatoms. The van der Waals surface area contributed by atoms with Crippen LogP contribution in [0.3, 0.4) is 0 Å². The molecule has 0 unspecified atom stereocenters. The Labute approximate surface area is 119 Å². The van der Waals surface area contributed by atoms with Crippen molar-refractivity contribution in [2.75, 3.05) is 13.2 Å². The minimum Gasteiger partial charge on any atom is -0.396 e. The van der Waals surface area contributed by atoms with Gasteiger partial charge in [-0.2, -0.15) is 0 Å². The standard InChI is InChI=1S/C16H34O3/c17-14-10-6-2-1-4-8-12-16(19)13-9-5-3-7-11-15-18/h16-19H,1-15H2/t16-/m0/s1. The second-order valence-electron chi connectivity index (χ2n) is 5.57. The number of unbranched alkanes of at least 4 members (excludes halogenated alkanes) is 9. The summed E-state index contributed by atoms with van der Waals surface area (Å²) in [5, 5.41) is 27.1. The molecule has 0 saturated carbocycles. The molecule has 0 aromatic heterocycles. The Hall–Kier alpha value is -0.120. The molecule has 1 atom stereocenters. The molecule has 0 aliphatic rings. The smallest absolute Gasteiger partial charge is 0.0540 e. The fourth-order valence-corrected chi connectivity index (χ4v) is 2.37. The monoisotopic (exact) mass is 274 g/mol. The average molecular weight is 274 g/mol. The van der Waals surface area contributed by atoms with E-state index in [9.17, 15) is 5.11 Å². The van der Waals surface area contributed by atoms with Gasteiger partial charge in [0, 0.05) is 13.2 Å². The molecule has 3 N–H and O–H groups in total. The lowest BCUT2D eigenvalue weighted by Crippen LogP contribution is -2.05. The number of rotatable bonds is 15. The highest BCUT2D eigenvalue weighted by molar-refractivity contribution is 4.57. The largest absolute Gasteiger partial charge is 0.396 e. The summed E-state index contributed by atoms with van der Waals surface area (Å²) >= 11 is 0. The van der Waals surface area contributed by atoms with Crippen LogP contribution in [-0.4, -0.2) is 34.6 Å². The summed E-state index contributed by atoms with van der Waals surface area (Å²) in [5.41, 5.74) is 0. The first-order valence-corrected chi connectivity index (χ1v) is 8.21. The van der Waals surface area contributed by atoms with Crippen LogP contribution < -0.4 is 0 Å². The first kappa shape index (κ1) is 18.9. The predicted octanol–water partition coefficient (Wildman–Crippen LogP) is 3.40. The zero-order chi connectivity index (χ0) is 14.2. The highest BCUT2D eigenvalue weighted by Gasteiger charge is 2.03. The third kappa shape index (κ3) is 15.8. The predicted molar refractivity (Wildman–Crippen MR) is 80.2 cm³/mol. The molecule has 0 saturated heterocycles. The molecule has 0 fully saturated rings. The van der Waals surface area contributed by atoms with E-state index < -0.39 is 0 Å². The highest BCUT2D eigenvalue weighted by Crippen LogP contribution is 2.13. The van der Waals surface area contributed by atoms with Crippen molar-refractivity contribution in [3.63, 3.8) is 0 Å². The fraction of sp³-hybridized carbons (Fsp3) is 1.00. The molecule has 3 nitrogen and oxygen atoms in total. The first-order valence-electron chi connectivity index (χ1n) is 8.21. The van der Waals surface area contributed by atoms with Crippen molar-refractivity contribution in [3.05, 3.63) is 0 Å². The van der Waals surface area contributed by atoms with Crippen LogP contribution in [0.1, 0.15) is 83.5 Å². The van der Waals surface area contributed by atoms with Crippen molar-refractivity contribution in [1.29, 1.82) is 0 Å². The number of hydrogen-bond acceptors (Lipinski definition) is 3. The van der Waals surface area contributed by atoms with E-state index in [0.29, 0.717) is 13.2 Å². The van der Waals surface area contributed by atoms with Gasteiger partial charge in [-0.3, -0.25) is 0 Å². The zero-order valence-corrected chi connectivity index (χ0v) is 12.5. The van der Waals surface area contributed by atoms with E-state index in [0.717, 1.165) is 51.4 Å². The molecule has 0 aromatic carbocycles. The van der Waals surface area contributed by atoms with Crippen LogP contribution in [0.25, 0.3) is 0 Å². The lowest BCUT2D eigenvalue weighted by molar-refractivity contribution is 0.147. The van der Waals surface area contributed by atoms with Gasteiger partial charge < -0.3 is 15.3 Å². The number of aliphatic hydroxyl groups excluding tert-OH is 3. The van der Waals surface area contributed by atoms with E-state index in [2.05, 4.69) is 0 Å². The Bertz CT molecular complexity index is 162. The lowest BCUT2D eigenvalue weighted by atomic mass is 10.0. The molecule has 0 amide bonds. The Kier molecular flexibility index (Phi) is 15.8. The van der Waals surface area contributed by atoms with Crippen molar-refractivity contribution < 1.29 is 15.3 Å². The zero-order valence-electron chi connectivity index (χ0n) is 12.5. The summed E-state index contributed by atoms with van der Waals surface area (Å²) in [5.74, 6) is 0. The highest BCUT2D eigenvalue weighted by atomic mass is 16.3. The molecule has 19 heavy (non-hydrogen) atoms. The minimum absolute atomic E-state index is 0.115. The van der Waals surface area contributed by atoms with Crippen molar-refractivity contribution in [3.8, 4) is 0 Å². The molecule has 0 bridgehead atoms. The van der Waals surface area contributed by atoms with Gasteiger partial charge >= 0.3 is 0 Å². The molecular formula is C16H34O3. The van der Waals surface area contributed by atoms with Crippen LogP contribution in [0.5, 0.6) is 0 Å². The fourth-order valence-electron chi connectivity index (χ4n) is 2.37. The second kappa shape index (κ2) is 15.9. The maximum atomic E-state index is 9.82. The lowest BCUT2D eigenvalue weighted by Gasteiger charge is -2.10. The molecule has 0 radical (unpaired) electrons. The van der Waals surface area contributed by atoms with Crippen LogP contribution >= 0.6 is 0 Å². The average Bonchev–Trinajstić information content (AvgIpc) is 2.41. The summed E-state index contributed by atoms with van der Waals surface area (Å²) < 4.78 is 0. The number of hydrogen-bond donors (Lipinski definition) is 3. The van der Waals surface area contributed by atoms with Gasteiger partial charge in [0.2, 0.25) is 0 Å². The maximum Gasteiger partial charge on any atom is 0.0540 e. The van der Waals surface area contributed by atoms with Gasteiger partial charge in [0.15, 0.2) is 0 Å². The minimum atomic E-state index is -0.115. The van der Waals surface area contributed by atoms with Crippen molar-refractivity contribution >= 4 is 0 Å². The van der Waals surface area contributed by atoms with Crippen LogP contribution in [0, 0.1) is 0 Å². The Morgan fingerprint density at radius 2 is 0.789 bits per heavy atom. The molecule has 0 aliphatic carbocycles. The second-order valence-corrected chi connectivity index (χ2v) is 5.57. The molecule has 0 aliphatic heterocycles. The quantitative estimate of drug-likeness (QED) is 0.401. The van der Waals surface area contributed by atoms with Crippen LogP contribution in [0.4, 0.5) is 0 Å². The van der Waals surface area contributed by atoms with Gasteiger partial charge in [-0.25, -0.2) is 0 Å². The van der Waals surface area contributed by atoms with E-state index in [4.69, 9.17) is 10.2 Å². The Balaban J connectivity index is 3.10. The van der Waals surface area contributed by atoms with Crippen molar-refractivity contribution in [2.24, 2.45) is 0 Å². The Morgan fingerprint density at radius 3 is 1.16 bits per heavy atom.